The Hall–Kier alpha value is -3.29. The van der Waals surface area contributed by atoms with Crippen LogP contribution in [-0.2, 0) is 13.0 Å². The summed E-state index contributed by atoms with van der Waals surface area (Å²) in [5, 5.41) is 10.4. The Labute approximate surface area is 149 Å². The largest absolute Gasteiger partial charge is 0.497 e. The highest BCUT2D eigenvalue weighted by Crippen LogP contribution is 2.17. The van der Waals surface area contributed by atoms with Gasteiger partial charge < -0.3 is 4.74 Å². The second-order valence-corrected chi connectivity index (χ2v) is 5.37. The molecule has 1 aromatic carbocycles. The number of nitro groups is 1. The Morgan fingerprint density at radius 1 is 1.46 bits per heavy atom. The van der Waals surface area contributed by atoms with Gasteiger partial charge in [0.25, 0.3) is 5.56 Å². The van der Waals surface area contributed by atoms with Gasteiger partial charge in [-0.15, -0.1) is 0 Å². The van der Waals surface area contributed by atoms with Gasteiger partial charge in [-0.25, -0.2) is 9.37 Å². The first-order chi connectivity index (χ1) is 12.5. The van der Waals surface area contributed by atoms with E-state index >= 15 is 0 Å². The average Bonchev–Trinajstić information content (AvgIpc) is 2.62. The van der Waals surface area contributed by atoms with Crippen LogP contribution in [0.3, 0.4) is 0 Å². The molecule has 0 saturated heterocycles. The molecule has 1 heterocycles. The lowest BCUT2D eigenvalue weighted by molar-refractivity contribution is -0.468. The lowest BCUT2D eigenvalue weighted by atomic mass is 10.1. The summed E-state index contributed by atoms with van der Waals surface area (Å²) in [5.41, 5.74) is 0.611. The number of halogens is 1. The molecule has 0 aliphatic heterocycles. The Bertz CT molecular complexity index is 906. The standard InChI is InChI=1S/C18H18FN3O4/c1-3-17-15(5-4-9-22(24)25)18(23)21(12-20-17)10-8-13-6-7-14(26-2)11-16(13)19/h3-7,11-12H,1,8-10H2,2H3/b5-4-. The van der Waals surface area contributed by atoms with Crippen LogP contribution in [0, 0.1) is 15.9 Å². The molecule has 0 saturated carbocycles. The smallest absolute Gasteiger partial charge is 0.261 e. The molecule has 0 atom stereocenters. The molecule has 0 spiro atoms. The molecular formula is C18H18FN3O4. The maximum Gasteiger partial charge on any atom is 0.261 e. The van der Waals surface area contributed by atoms with E-state index in [1.54, 1.807) is 12.1 Å². The minimum Gasteiger partial charge on any atom is -0.497 e. The number of aryl methyl sites for hydroxylation is 2. The maximum atomic E-state index is 14.0. The first kappa shape index (κ1) is 19.0. The van der Waals surface area contributed by atoms with Crippen LogP contribution in [0.4, 0.5) is 4.39 Å². The summed E-state index contributed by atoms with van der Waals surface area (Å²) in [6, 6.07) is 4.53. The number of aromatic nitrogens is 2. The fourth-order valence-corrected chi connectivity index (χ4v) is 2.35. The number of hydrogen-bond acceptors (Lipinski definition) is 5. The number of ether oxygens (including phenoxy) is 1. The quantitative estimate of drug-likeness (QED) is 0.534. The van der Waals surface area contributed by atoms with Gasteiger partial charge >= 0.3 is 0 Å². The maximum absolute atomic E-state index is 14.0. The third kappa shape index (κ3) is 4.62. The fraction of sp³-hybridized carbons (Fsp3) is 0.222. The van der Waals surface area contributed by atoms with Crippen molar-refractivity contribution in [3.05, 3.63) is 80.3 Å². The highest BCUT2D eigenvalue weighted by atomic mass is 19.1. The normalized spacial score (nSPS) is 10.8. The van der Waals surface area contributed by atoms with Gasteiger partial charge in [-0.3, -0.25) is 19.5 Å². The number of rotatable bonds is 8. The fourth-order valence-electron chi connectivity index (χ4n) is 2.35. The molecule has 0 aliphatic carbocycles. The molecule has 2 rings (SSSR count). The van der Waals surface area contributed by atoms with E-state index in [0.717, 1.165) is 0 Å². The SMILES string of the molecule is C=Cc1ncn(CCc2ccc(OC)cc2F)c(=O)c1/C=C\C[N+](=O)[O-]. The summed E-state index contributed by atoms with van der Waals surface area (Å²) < 4.78 is 20.3. The van der Waals surface area contributed by atoms with E-state index in [4.69, 9.17) is 4.74 Å². The Morgan fingerprint density at radius 3 is 2.85 bits per heavy atom. The summed E-state index contributed by atoms with van der Waals surface area (Å²) in [5.74, 6) is -0.00203. The van der Waals surface area contributed by atoms with Crippen molar-refractivity contribution < 1.29 is 14.1 Å². The molecule has 8 heteroatoms. The monoisotopic (exact) mass is 359 g/mol. The molecule has 1 aromatic heterocycles. The molecule has 26 heavy (non-hydrogen) atoms. The van der Waals surface area contributed by atoms with Crippen LogP contribution in [0.15, 0.2) is 42.0 Å². The van der Waals surface area contributed by atoms with E-state index in [1.165, 1.54) is 42.3 Å². The van der Waals surface area contributed by atoms with Gasteiger partial charge in [0.1, 0.15) is 11.6 Å². The van der Waals surface area contributed by atoms with Crippen molar-refractivity contribution in [2.75, 3.05) is 13.7 Å². The number of hydrogen-bond donors (Lipinski definition) is 0. The van der Waals surface area contributed by atoms with Gasteiger partial charge in [0.2, 0.25) is 6.54 Å². The predicted molar refractivity (Wildman–Crippen MR) is 96.1 cm³/mol. The van der Waals surface area contributed by atoms with E-state index in [0.29, 0.717) is 17.0 Å². The van der Waals surface area contributed by atoms with Gasteiger partial charge in [-0.2, -0.15) is 0 Å². The van der Waals surface area contributed by atoms with Crippen molar-refractivity contribution >= 4 is 12.2 Å². The van der Waals surface area contributed by atoms with Crippen LogP contribution in [0.5, 0.6) is 5.75 Å². The Balaban J connectivity index is 2.24. The molecule has 0 bridgehead atoms. The summed E-state index contributed by atoms with van der Waals surface area (Å²) in [4.78, 5) is 26.6. The second kappa shape index (κ2) is 8.70. The average molecular weight is 359 g/mol. The van der Waals surface area contributed by atoms with Gasteiger partial charge in [-0.05, 0) is 36.3 Å². The zero-order chi connectivity index (χ0) is 19.1. The molecule has 136 valence electrons. The Kier molecular flexibility index (Phi) is 6.37. The lowest BCUT2D eigenvalue weighted by Gasteiger charge is -2.09. The molecule has 0 aliphatic rings. The lowest BCUT2D eigenvalue weighted by Crippen LogP contribution is -2.25. The van der Waals surface area contributed by atoms with E-state index in [1.807, 2.05) is 0 Å². The van der Waals surface area contributed by atoms with Crippen LogP contribution in [0.25, 0.3) is 12.2 Å². The first-order valence-electron chi connectivity index (χ1n) is 7.79. The zero-order valence-corrected chi connectivity index (χ0v) is 14.2. The summed E-state index contributed by atoms with van der Waals surface area (Å²) >= 11 is 0. The third-order valence-electron chi connectivity index (χ3n) is 3.72. The molecule has 0 amide bonds. The highest BCUT2D eigenvalue weighted by molar-refractivity contribution is 5.60. The predicted octanol–water partition coefficient (Wildman–Crippen LogP) is 2.57. The van der Waals surface area contributed by atoms with Crippen molar-refractivity contribution in [3.63, 3.8) is 0 Å². The van der Waals surface area contributed by atoms with Crippen LogP contribution >= 0.6 is 0 Å². The summed E-state index contributed by atoms with van der Waals surface area (Å²) in [7, 11) is 1.45. The minimum absolute atomic E-state index is 0.208. The van der Waals surface area contributed by atoms with Crippen LogP contribution in [0.1, 0.15) is 16.8 Å². The first-order valence-corrected chi connectivity index (χ1v) is 7.79. The van der Waals surface area contributed by atoms with Gasteiger partial charge in [-0.1, -0.05) is 12.6 Å². The minimum atomic E-state index is -0.508. The number of methoxy groups -OCH3 is 1. The van der Waals surface area contributed by atoms with Crippen molar-refractivity contribution in [1.29, 1.82) is 0 Å². The van der Waals surface area contributed by atoms with Gasteiger partial charge in [0.05, 0.1) is 24.7 Å². The van der Waals surface area contributed by atoms with E-state index in [2.05, 4.69) is 11.6 Å². The third-order valence-corrected chi connectivity index (χ3v) is 3.72. The second-order valence-electron chi connectivity index (χ2n) is 5.37. The van der Waals surface area contributed by atoms with Crippen molar-refractivity contribution in [3.8, 4) is 5.75 Å². The number of nitrogens with zero attached hydrogens (tertiary/aromatic N) is 3. The zero-order valence-electron chi connectivity index (χ0n) is 14.2. The van der Waals surface area contributed by atoms with Crippen molar-refractivity contribution in [2.45, 2.75) is 13.0 Å². The van der Waals surface area contributed by atoms with E-state index in [9.17, 15) is 19.3 Å². The molecule has 2 aromatic rings. The molecule has 0 radical (unpaired) electrons. The van der Waals surface area contributed by atoms with Crippen LogP contribution in [0.2, 0.25) is 0 Å². The van der Waals surface area contributed by atoms with Crippen molar-refractivity contribution in [1.82, 2.24) is 9.55 Å². The van der Waals surface area contributed by atoms with Crippen LogP contribution in [-0.4, -0.2) is 28.1 Å². The molecule has 0 unspecified atom stereocenters. The van der Waals surface area contributed by atoms with E-state index < -0.39 is 17.3 Å². The number of benzene rings is 1. The Morgan fingerprint density at radius 2 is 2.23 bits per heavy atom. The molecule has 0 N–H and O–H groups in total. The molecule has 0 fully saturated rings. The molecule has 7 nitrogen and oxygen atoms in total. The van der Waals surface area contributed by atoms with Crippen molar-refractivity contribution in [2.24, 2.45) is 0 Å². The highest BCUT2D eigenvalue weighted by Gasteiger charge is 2.09. The topological polar surface area (TPSA) is 87.3 Å². The van der Waals surface area contributed by atoms with Gasteiger partial charge in [0.15, 0.2) is 0 Å². The van der Waals surface area contributed by atoms with E-state index in [-0.39, 0.29) is 24.1 Å². The molecular weight excluding hydrogens is 341 g/mol. The van der Waals surface area contributed by atoms with Gasteiger partial charge in [0, 0.05) is 17.5 Å². The summed E-state index contributed by atoms with van der Waals surface area (Å²) in [6.07, 6.45) is 5.67. The summed E-state index contributed by atoms with van der Waals surface area (Å²) in [6.45, 7) is 3.40. The van der Waals surface area contributed by atoms with Crippen LogP contribution < -0.4 is 10.3 Å².